The lowest BCUT2D eigenvalue weighted by Crippen LogP contribution is -2.22. The molecule has 6 nitrogen and oxygen atoms in total. The fourth-order valence-electron chi connectivity index (χ4n) is 1.65. The second-order valence-electron chi connectivity index (χ2n) is 4.07. The quantitative estimate of drug-likeness (QED) is 0.845. The maximum Gasteiger partial charge on any atom is 0.354 e. The van der Waals surface area contributed by atoms with Crippen molar-refractivity contribution in [2.45, 2.75) is 11.4 Å². The zero-order valence-corrected chi connectivity index (χ0v) is 12.6. The second-order valence-corrected chi connectivity index (χ2v) is 6.87. The highest BCUT2D eigenvalue weighted by Crippen LogP contribution is 2.15. The first-order valence-electron chi connectivity index (χ1n) is 5.71. The molecule has 0 aliphatic heterocycles. The molecule has 0 radical (unpaired) electrons. The van der Waals surface area contributed by atoms with E-state index in [4.69, 9.17) is 0 Å². The Morgan fingerprint density at radius 2 is 2.25 bits per heavy atom. The third-order valence-corrected chi connectivity index (χ3v) is 4.95. The second kappa shape index (κ2) is 5.78. The van der Waals surface area contributed by atoms with Crippen molar-refractivity contribution in [1.82, 2.24) is 9.29 Å². The normalized spacial score (nSPS) is 11.5. The summed E-state index contributed by atoms with van der Waals surface area (Å²) in [6.45, 7) is 0.225. The predicted octanol–water partition coefficient (Wildman–Crippen LogP) is 1.35. The van der Waals surface area contributed by atoms with Gasteiger partial charge in [-0.2, -0.15) is 0 Å². The SMILES string of the molecule is COC(=O)c1cc(S(=O)(=O)NCc2cccs2)cn1C. The average Bonchev–Trinajstić information content (AvgIpc) is 3.05. The summed E-state index contributed by atoms with van der Waals surface area (Å²) in [6.07, 6.45) is 1.38. The van der Waals surface area contributed by atoms with E-state index in [1.165, 1.54) is 35.3 Å². The topological polar surface area (TPSA) is 77.4 Å². The highest BCUT2D eigenvalue weighted by molar-refractivity contribution is 7.89. The van der Waals surface area contributed by atoms with Gasteiger partial charge in [0.05, 0.1) is 7.11 Å². The number of aromatic nitrogens is 1. The van der Waals surface area contributed by atoms with Crippen LogP contribution in [0.4, 0.5) is 0 Å². The fourth-order valence-corrected chi connectivity index (χ4v) is 3.46. The Bertz CT molecular complexity index is 702. The Morgan fingerprint density at radius 3 is 2.85 bits per heavy atom. The summed E-state index contributed by atoms with van der Waals surface area (Å²) in [5.74, 6) is -0.577. The van der Waals surface area contributed by atoms with Crippen molar-refractivity contribution in [2.75, 3.05) is 7.11 Å². The van der Waals surface area contributed by atoms with Crippen LogP contribution in [0.25, 0.3) is 0 Å². The van der Waals surface area contributed by atoms with Crippen LogP contribution in [0.5, 0.6) is 0 Å². The Morgan fingerprint density at radius 1 is 1.50 bits per heavy atom. The number of sulfonamides is 1. The minimum absolute atomic E-state index is 0.0388. The van der Waals surface area contributed by atoms with E-state index in [1.807, 2.05) is 17.5 Å². The van der Waals surface area contributed by atoms with Crippen LogP contribution in [0, 0.1) is 0 Å². The summed E-state index contributed by atoms with van der Waals surface area (Å²) in [6, 6.07) is 4.99. The van der Waals surface area contributed by atoms with Crippen molar-refractivity contribution in [3.05, 3.63) is 40.3 Å². The average molecular weight is 314 g/mol. The van der Waals surface area contributed by atoms with Gasteiger partial charge in [-0.25, -0.2) is 17.9 Å². The van der Waals surface area contributed by atoms with E-state index in [2.05, 4.69) is 9.46 Å². The van der Waals surface area contributed by atoms with Crippen molar-refractivity contribution in [3.8, 4) is 0 Å². The molecule has 2 heterocycles. The van der Waals surface area contributed by atoms with Gasteiger partial charge in [-0.05, 0) is 17.5 Å². The summed E-state index contributed by atoms with van der Waals surface area (Å²) >= 11 is 1.47. The summed E-state index contributed by atoms with van der Waals surface area (Å²) in [5.41, 5.74) is 0.184. The van der Waals surface area contributed by atoms with Crippen molar-refractivity contribution in [1.29, 1.82) is 0 Å². The Labute approximate surface area is 121 Å². The molecule has 2 rings (SSSR count). The van der Waals surface area contributed by atoms with E-state index in [0.717, 1.165) is 4.88 Å². The maximum absolute atomic E-state index is 12.1. The summed E-state index contributed by atoms with van der Waals surface area (Å²) in [5, 5.41) is 1.88. The number of ether oxygens (including phenoxy) is 1. The molecular weight excluding hydrogens is 300 g/mol. The van der Waals surface area contributed by atoms with Crippen LogP contribution >= 0.6 is 11.3 Å². The van der Waals surface area contributed by atoms with Crippen molar-refractivity contribution in [3.63, 3.8) is 0 Å². The summed E-state index contributed by atoms with van der Waals surface area (Å²) < 4.78 is 32.8. The van der Waals surface area contributed by atoms with Gasteiger partial charge in [-0.1, -0.05) is 6.07 Å². The predicted molar refractivity (Wildman–Crippen MR) is 75.1 cm³/mol. The first kappa shape index (κ1) is 14.8. The van der Waals surface area contributed by atoms with Gasteiger partial charge in [0, 0.05) is 24.7 Å². The van der Waals surface area contributed by atoms with Crippen LogP contribution in [0.15, 0.2) is 34.7 Å². The third kappa shape index (κ3) is 3.09. The molecule has 0 aromatic carbocycles. The zero-order chi connectivity index (χ0) is 14.8. The number of aryl methyl sites for hydroxylation is 1. The van der Waals surface area contributed by atoms with Gasteiger partial charge >= 0.3 is 5.97 Å². The molecule has 0 bridgehead atoms. The molecule has 0 aliphatic rings. The molecule has 0 spiro atoms. The fraction of sp³-hybridized carbons (Fsp3) is 0.250. The van der Waals surface area contributed by atoms with Crippen LogP contribution < -0.4 is 4.72 Å². The lowest BCUT2D eigenvalue weighted by atomic mass is 10.4. The van der Waals surface area contributed by atoms with Crippen LogP contribution in [0.2, 0.25) is 0 Å². The monoisotopic (exact) mass is 314 g/mol. The minimum Gasteiger partial charge on any atom is -0.464 e. The number of hydrogen-bond acceptors (Lipinski definition) is 5. The standard InChI is InChI=1S/C12H14N2O4S2/c1-14-8-10(6-11(14)12(15)18-2)20(16,17)13-7-9-4-3-5-19-9/h3-6,8,13H,7H2,1-2H3. The van der Waals surface area contributed by atoms with Crippen LogP contribution in [0.3, 0.4) is 0 Å². The van der Waals surface area contributed by atoms with Gasteiger partial charge in [0.2, 0.25) is 10.0 Å². The number of esters is 1. The lowest BCUT2D eigenvalue weighted by Gasteiger charge is -2.02. The number of rotatable bonds is 5. The Hall–Kier alpha value is -1.64. The zero-order valence-electron chi connectivity index (χ0n) is 11.0. The van der Waals surface area contributed by atoms with Crippen molar-refractivity contribution >= 4 is 27.3 Å². The maximum atomic E-state index is 12.1. The lowest BCUT2D eigenvalue weighted by molar-refractivity contribution is 0.0590. The number of nitrogens with zero attached hydrogens (tertiary/aromatic N) is 1. The van der Waals surface area contributed by atoms with Gasteiger partial charge in [-0.15, -0.1) is 11.3 Å². The van der Waals surface area contributed by atoms with Gasteiger partial charge in [0.15, 0.2) is 0 Å². The van der Waals surface area contributed by atoms with Crippen LogP contribution in [-0.4, -0.2) is 26.1 Å². The van der Waals surface area contributed by atoms with Gasteiger partial charge in [0.1, 0.15) is 10.6 Å². The molecule has 1 N–H and O–H groups in total. The molecule has 0 amide bonds. The molecule has 2 aromatic heterocycles. The number of carbonyl (C=O) groups excluding carboxylic acids is 1. The van der Waals surface area contributed by atoms with E-state index in [1.54, 1.807) is 7.05 Å². The molecule has 8 heteroatoms. The molecule has 0 saturated carbocycles. The first-order chi connectivity index (χ1) is 9.44. The van der Waals surface area contributed by atoms with E-state index in [0.29, 0.717) is 0 Å². The van der Waals surface area contributed by atoms with Gasteiger partial charge in [0.25, 0.3) is 0 Å². The van der Waals surface area contributed by atoms with Gasteiger partial charge in [-0.3, -0.25) is 0 Å². The molecule has 108 valence electrons. The summed E-state index contributed by atoms with van der Waals surface area (Å²) in [4.78, 5) is 12.4. The van der Waals surface area contributed by atoms with E-state index in [9.17, 15) is 13.2 Å². The van der Waals surface area contributed by atoms with E-state index < -0.39 is 16.0 Å². The molecule has 2 aromatic rings. The Kier molecular flexibility index (Phi) is 4.26. The van der Waals surface area contributed by atoms with Crippen molar-refractivity contribution in [2.24, 2.45) is 7.05 Å². The molecule has 0 fully saturated rings. The summed E-state index contributed by atoms with van der Waals surface area (Å²) in [7, 11) is -0.815. The first-order valence-corrected chi connectivity index (χ1v) is 8.07. The molecule has 0 atom stereocenters. The number of methoxy groups -OCH3 is 1. The van der Waals surface area contributed by atoms with E-state index in [-0.39, 0.29) is 17.1 Å². The third-order valence-electron chi connectivity index (χ3n) is 2.70. The molecule has 0 aliphatic carbocycles. The number of nitrogens with one attached hydrogen (secondary N) is 1. The highest BCUT2D eigenvalue weighted by Gasteiger charge is 2.20. The molecule has 0 saturated heterocycles. The van der Waals surface area contributed by atoms with E-state index >= 15 is 0 Å². The highest BCUT2D eigenvalue weighted by atomic mass is 32.2. The number of carbonyl (C=O) groups is 1. The van der Waals surface area contributed by atoms with Gasteiger partial charge < -0.3 is 9.30 Å². The smallest absolute Gasteiger partial charge is 0.354 e. The molecule has 20 heavy (non-hydrogen) atoms. The number of hydrogen-bond donors (Lipinski definition) is 1. The minimum atomic E-state index is -3.65. The van der Waals surface area contributed by atoms with Crippen LogP contribution in [-0.2, 0) is 28.4 Å². The Balaban J connectivity index is 2.19. The number of thiophene rings is 1. The largest absolute Gasteiger partial charge is 0.464 e. The van der Waals surface area contributed by atoms with Crippen LogP contribution in [0.1, 0.15) is 15.4 Å². The molecule has 0 unspecified atom stereocenters. The molecular formula is C12H14N2O4S2. The van der Waals surface area contributed by atoms with Crippen molar-refractivity contribution < 1.29 is 17.9 Å².